The molecule has 0 aliphatic carbocycles. The molecule has 1 rings (SSSR count). The number of rotatable bonds is 4. The number of likely N-dealkylation sites (N-methyl/N-ethyl adjacent to an activating group) is 1. The molecule has 0 aliphatic rings. The summed E-state index contributed by atoms with van der Waals surface area (Å²) >= 11 is 0. The Morgan fingerprint density at radius 2 is 2.20 bits per heavy atom. The van der Waals surface area contributed by atoms with E-state index in [-0.39, 0.29) is 5.97 Å². The Hall–Kier alpha value is -1.55. The van der Waals surface area contributed by atoms with Gasteiger partial charge in [0.05, 0.1) is 5.56 Å². The number of hydrogen-bond donors (Lipinski definition) is 1. The van der Waals surface area contributed by atoms with E-state index in [1.165, 1.54) is 0 Å². The number of esters is 1. The monoisotopic (exact) mass is 208 g/mol. The number of benzene rings is 1. The summed E-state index contributed by atoms with van der Waals surface area (Å²) < 4.78 is 5.06. The Morgan fingerprint density at radius 1 is 1.47 bits per heavy atom. The summed E-state index contributed by atoms with van der Waals surface area (Å²) in [6, 6.07) is 6.76. The van der Waals surface area contributed by atoms with E-state index < -0.39 is 0 Å². The van der Waals surface area contributed by atoms with E-state index >= 15 is 0 Å². The van der Waals surface area contributed by atoms with Crippen LogP contribution in [0.15, 0.2) is 24.3 Å². The number of nitrogens with zero attached hydrogens (tertiary/aromatic N) is 1. The Morgan fingerprint density at radius 3 is 2.80 bits per heavy atom. The van der Waals surface area contributed by atoms with E-state index in [0.29, 0.717) is 24.4 Å². The van der Waals surface area contributed by atoms with Gasteiger partial charge in [0.15, 0.2) is 0 Å². The van der Waals surface area contributed by atoms with Crippen molar-refractivity contribution in [2.75, 3.05) is 33.0 Å². The molecule has 0 spiro atoms. The van der Waals surface area contributed by atoms with Crippen LogP contribution < -0.4 is 5.73 Å². The highest BCUT2D eigenvalue weighted by Crippen LogP contribution is 2.07. The highest BCUT2D eigenvalue weighted by Gasteiger charge is 2.06. The second-order valence-corrected chi connectivity index (χ2v) is 3.56. The van der Waals surface area contributed by atoms with E-state index in [1.54, 1.807) is 24.3 Å². The first-order valence-corrected chi connectivity index (χ1v) is 4.77. The standard InChI is InChI=1S/C11H16N2O2/c1-13(2)6-7-15-11(14)9-4-3-5-10(12)8-9/h3-5,8H,6-7,12H2,1-2H3. The number of anilines is 1. The molecule has 0 unspecified atom stereocenters. The lowest BCUT2D eigenvalue weighted by Crippen LogP contribution is -2.20. The molecule has 15 heavy (non-hydrogen) atoms. The maximum absolute atomic E-state index is 11.5. The van der Waals surface area contributed by atoms with Crippen LogP contribution in [0.25, 0.3) is 0 Å². The third-order valence-corrected chi connectivity index (χ3v) is 1.89. The lowest BCUT2D eigenvalue weighted by atomic mass is 10.2. The third-order valence-electron chi connectivity index (χ3n) is 1.89. The average Bonchev–Trinajstić information content (AvgIpc) is 2.17. The highest BCUT2D eigenvalue weighted by atomic mass is 16.5. The van der Waals surface area contributed by atoms with Crippen molar-refractivity contribution in [3.8, 4) is 0 Å². The molecule has 1 aromatic carbocycles. The summed E-state index contributed by atoms with van der Waals surface area (Å²) in [6.07, 6.45) is 0. The normalized spacial score (nSPS) is 10.3. The number of nitrogen functional groups attached to an aromatic ring is 1. The molecule has 0 heterocycles. The smallest absolute Gasteiger partial charge is 0.338 e. The van der Waals surface area contributed by atoms with Gasteiger partial charge in [-0.2, -0.15) is 0 Å². The van der Waals surface area contributed by atoms with Crippen molar-refractivity contribution in [1.82, 2.24) is 4.90 Å². The fourth-order valence-electron chi connectivity index (χ4n) is 1.07. The maximum atomic E-state index is 11.5. The van der Waals surface area contributed by atoms with E-state index in [1.807, 2.05) is 19.0 Å². The Kier molecular flexibility index (Phi) is 4.12. The molecule has 0 atom stereocenters. The van der Waals surface area contributed by atoms with Crippen molar-refractivity contribution in [3.05, 3.63) is 29.8 Å². The molecule has 0 saturated carbocycles. The minimum atomic E-state index is -0.329. The first-order chi connectivity index (χ1) is 7.09. The second kappa shape index (κ2) is 5.36. The summed E-state index contributed by atoms with van der Waals surface area (Å²) in [5.41, 5.74) is 6.62. The van der Waals surface area contributed by atoms with Crippen molar-refractivity contribution in [2.24, 2.45) is 0 Å². The van der Waals surface area contributed by atoms with Gasteiger partial charge in [0.25, 0.3) is 0 Å². The van der Waals surface area contributed by atoms with Gasteiger partial charge >= 0.3 is 5.97 Å². The number of nitrogens with two attached hydrogens (primary N) is 1. The van der Waals surface area contributed by atoms with Crippen LogP contribution in [0.2, 0.25) is 0 Å². The predicted molar refractivity (Wildman–Crippen MR) is 59.7 cm³/mol. The Bertz CT molecular complexity index is 337. The van der Waals surface area contributed by atoms with Crippen LogP contribution in [0.1, 0.15) is 10.4 Å². The van der Waals surface area contributed by atoms with Gasteiger partial charge in [0.1, 0.15) is 6.61 Å². The molecular weight excluding hydrogens is 192 g/mol. The topological polar surface area (TPSA) is 55.6 Å². The zero-order chi connectivity index (χ0) is 11.3. The Labute approximate surface area is 89.6 Å². The van der Waals surface area contributed by atoms with Gasteiger partial charge in [0.2, 0.25) is 0 Å². The summed E-state index contributed by atoms with van der Waals surface area (Å²) in [6.45, 7) is 1.11. The predicted octanol–water partition coefficient (Wildman–Crippen LogP) is 0.987. The molecule has 0 radical (unpaired) electrons. The molecular formula is C11H16N2O2. The quantitative estimate of drug-likeness (QED) is 0.592. The molecule has 4 heteroatoms. The van der Waals surface area contributed by atoms with Crippen LogP contribution in [0.4, 0.5) is 5.69 Å². The van der Waals surface area contributed by atoms with Crippen molar-refractivity contribution in [1.29, 1.82) is 0 Å². The molecule has 0 aromatic heterocycles. The second-order valence-electron chi connectivity index (χ2n) is 3.56. The fourth-order valence-corrected chi connectivity index (χ4v) is 1.07. The van der Waals surface area contributed by atoms with Crippen LogP contribution in [0.3, 0.4) is 0 Å². The van der Waals surface area contributed by atoms with Crippen LogP contribution in [-0.2, 0) is 4.74 Å². The molecule has 0 aliphatic heterocycles. The molecule has 0 amide bonds. The van der Waals surface area contributed by atoms with Crippen LogP contribution in [-0.4, -0.2) is 38.1 Å². The first-order valence-electron chi connectivity index (χ1n) is 4.77. The zero-order valence-corrected chi connectivity index (χ0v) is 9.06. The molecule has 0 saturated heterocycles. The maximum Gasteiger partial charge on any atom is 0.338 e. The first kappa shape index (κ1) is 11.5. The van der Waals surface area contributed by atoms with Gasteiger partial charge < -0.3 is 15.4 Å². The minimum absolute atomic E-state index is 0.329. The lowest BCUT2D eigenvalue weighted by Gasteiger charge is -2.09. The largest absolute Gasteiger partial charge is 0.461 e. The number of carbonyl (C=O) groups is 1. The van der Waals surface area contributed by atoms with Crippen molar-refractivity contribution >= 4 is 11.7 Å². The zero-order valence-electron chi connectivity index (χ0n) is 9.06. The third kappa shape index (κ3) is 3.99. The summed E-state index contributed by atoms with van der Waals surface area (Å²) in [5.74, 6) is -0.329. The molecule has 2 N–H and O–H groups in total. The van der Waals surface area contributed by atoms with Gasteiger partial charge in [-0.1, -0.05) is 6.07 Å². The molecule has 0 fully saturated rings. The number of ether oxygens (including phenoxy) is 1. The van der Waals surface area contributed by atoms with Gasteiger partial charge in [-0.15, -0.1) is 0 Å². The van der Waals surface area contributed by atoms with Crippen molar-refractivity contribution in [2.45, 2.75) is 0 Å². The number of carbonyl (C=O) groups excluding carboxylic acids is 1. The molecule has 82 valence electrons. The van der Waals surface area contributed by atoms with Gasteiger partial charge in [0, 0.05) is 12.2 Å². The van der Waals surface area contributed by atoms with Crippen LogP contribution in [0, 0.1) is 0 Å². The summed E-state index contributed by atoms with van der Waals surface area (Å²) in [7, 11) is 3.85. The van der Waals surface area contributed by atoms with Gasteiger partial charge in [-0.3, -0.25) is 0 Å². The lowest BCUT2D eigenvalue weighted by molar-refractivity contribution is 0.0482. The van der Waals surface area contributed by atoms with E-state index in [0.717, 1.165) is 0 Å². The number of hydrogen-bond acceptors (Lipinski definition) is 4. The van der Waals surface area contributed by atoms with Crippen LogP contribution >= 0.6 is 0 Å². The molecule has 0 bridgehead atoms. The average molecular weight is 208 g/mol. The van der Waals surface area contributed by atoms with Crippen molar-refractivity contribution < 1.29 is 9.53 Å². The highest BCUT2D eigenvalue weighted by molar-refractivity contribution is 5.90. The van der Waals surface area contributed by atoms with E-state index in [2.05, 4.69) is 0 Å². The van der Waals surface area contributed by atoms with Crippen molar-refractivity contribution in [3.63, 3.8) is 0 Å². The summed E-state index contributed by atoms with van der Waals surface area (Å²) in [5, 5.41) is 0. The van der Waals surface area contributed by atoms with Crippen LogP contribution in [0.5, 0.6) is 0 Å². The molecule has 4 nitrogen and oxygen atoms in total. The van der Waals surface area contributed by atoms with Gasteiger partial charge in [-0.25, -0.2) is 4.79 Å². The minimum Gasteiger partial charge on any atom is -0.461 e. The summed E-state index contributed by atoms with van der Waals surface area (Å²) in [4.78, 5) is 13.4. The molecule has 1 aromatic rings. The van der Waals surface area contributed by atoms with E-state index in [4.69, 9.17) is 10.5 Å². The SMILES string of the molecule is CN(C)CCOC(=O)c1cccc(N)c1. The fraction of sp³-hybridized carbons (Fsp3) is 0.364. The van der Waals surface area contributed by atoms with Gasteiger partial charge in [-0.05, 0) is 32.3 Å². The van der Waals surface area contributed by atoms with E-state index in [9.17, 15) is 4.79 Å². The Balaban J connectivity index is 2.47.